The van der Waals surface area contributed by atoms with Gasteiger partial charge >= 0.3 is 0 Å². The van der Waals surface area contributed by atoms with Crippen LogP contribution in [0.3, 0.4) is 0 Å². The lowest BCUT2D eigenvalue weighted by molar-refractivity contribution is -0.483. The first-order valence-electron chi connectivity index (χ1n) is 8.01. The van der Waals surface area contributed by atoms with Gasteiger partial charge in [0, 0.05) is 0 Å². The SMILES string of the molecule is C=C/C=C\C(=C/C)ON(OC(/C=C\C=C)=C/C)OC(/C=C\C=C)=C/C=C. The largest absolute Gasteiger partial charge is 0.340 e. The Morgan fingerprint density at radius 2 is 1.00 bits per heavy atom. The van der Waals surface area contributed by atoms with Gasteiger partial charge in [0.25, 0.3) is 0 Å². The molecule has 0 rings (SSSR count). The third kappa shape index (κ3) is 10.5. The van der Waals surface area contributed by atoms with Crippen molar-refractivity contribution in [2.75, 3.05) is 0 Å². The number of hydrogen-bond acceptors (Lipinski definition) is 4. The summed E-state index contributed by atoms with van der Waals surface area (Å²) in [5, 5.41) is 0.897. The van der Waals surface area contributed by atoms with Crippen molar-refractivity contribution in [2.45, 2.75) is 13.8 Å². The van der Waals surface area contributed by atoms with Crippen LogP contribution in [0.2, 0.25) is 0 Å². The third-order valence-corrected chi connectivity index (χ3v) is 2.58. The molecule has 4 nitrogen and oxygen atoms in total. The maximum Gasteiger partial charge on any atom is 0.234 e. The van der Waals surface area contributed by atoms with E-state index >= 15 is 0 Å². The first-order chi connectivity index (χ1) is 12.6. The Kier molecular flexibility index (Phi) is 13.4. The van der Waals surface area contributed by atoms with E-state index in [0.717, 1.165) is 5.39 Å². The van der Waals surface area contributed by atoms with E-state index in [1.54, 1.807) is 79.0 Å². The zero-order chi connectivity index (χ0) is 19.6. The molecule has 26 heavy (non-hydrogen) atoms. The van der Waals surface area contributed by atoms with E-state index in [1.807, 2.05) is 13.8 Å². The van der Waals surface area contributed by atoms with Crippen LogP contribution >= 0.6 is 0 Å². The highest BCUT2D eigenvalue weighted by Gasteiger charge is 2.14. The van der Waals surface area contributed by atoms with Crippen LogP contribution in [0.1, 0.15) is 13.8 Å². The molecule has 0 radical (unpaired) electrons. The van der Waals surface area contributed by atoms with Gasteiger partial charge in [0.2, 0.25) is 5.39 Å². The molecular formula is C22H27NO3. The number of hydrogen-bond donors (Lipinski definition) is 0. The first-order valence-corrected chi connectivity index (χ1v) is 8.01. The fourth-order valence-electron chi connectivity index (χ4n) is 1.39. The molecule has 0 bridgehead atoms. The van der Waals surface area contributed by atoms with Crippen LogP contribution in [0.5, 0.6) is 0 Å². The molecule has 0 saturated heterocycles. The van der Waals surface area contributed by atoms with Crippen LogP contribution in [0.4, 0.5) is 0 Å². The minimum Gasteiger partial charge on any atom is -0.340 e. The molecule has 0 saturated carbocycles. The summed E-state index contributed by atoms with van der Waals surface area (Å²) in [7, 11) is 0. The smallest absolute Gasteiger partial charge is 0.234 e. The Morgan fingerprint density at radius 1 is 0.615 bits per heavy atom. The summed E-state index contributed by atoms with van der Waals surface area (Å²) >= 11 is 0. The summed E-state index contributed by atoms with van der Waals surface area (Å²) in [6.45, 7) is 18.2. The molecule has 0 amide bonds. The van der Waals surface area contributed by atoms with Gasteiger partial charge < -0.3 is 14.5 Å². The lowest BCUT2D eigenvalue weighted by Gasteiger charge is -2.21. The van der Waals surface area contributed by atoms with Gasteiger partial charge in [-0.05, 0) is 50.3 Å². The Balaban J connectivity index is 5.55. The molecule has 0 aliphatic heterocycles. The normalized spacial score (nSPS) is 13.4. The molecule has 0 N–H and O–H groups in total. The standard InChI is InChI=1S/C22H27NO3/c1-7-13-17-20(11-5)24-23(25-21(12-6)18-14-8-2)26-22(16-10-4)19-15-9-3/h7-19H,1-4H2,5-6H3/b17-13-,18-14-,19-15-,20-11+,21-12+,22-16+. The molecule has 0 aromatic carbocycles. The second-order valence-corrected chi connectivity index (χ2v) is 4.47. The Labute approximate surface area is 156 Å². The molecule has 138 valence electrons. The maximum atomic E-state index is 5.66. The summed E-state index contributed by atoms with van der Waals surface area (Å²) in [5.74, 6) is 1.43. The lowest BCUT2D eigenvalue weighted by Crippen LogP contribution is -2.23. The highest BCUT2D eigenvalue weighted by molar-refractivity contribution is 5.20. The molecule has 0 aliphatic carbocycles. The molecular weight excluding hydrogens is 326 g/mol. The van der Waals surface area contributed by atoms with Crippen molar-refractivity contribution in [2.24, 2.45) is 0 Å². The fourth-order valence-corrected chi connectivity index (χ4v) is 1.39. The fraction of sp³-hybridized carbons (Fsp3) is 0.0909. The van der Waals surface area contributed by atoms with E-state index < -0.39 is 0 Å². The molecule has 0 unspecified atom stereocenters. The summed E-state index contributed by atoms with van der Waals surface area (Å²) < 4.78 is 0. The van der Waals surface area contributed by atoms with E-state index in [-0.39, 0.29) is 0 Å². The molecule has 4 heteroatoms. The van der Waals surface area contributed by atoms with Crippen LogP contribution < -0.4 is 0 Å². The van der Waals surface area contributed by atoms with Gasteiger partial charge in [-0.15, -0.1) is 0 Å². The molecule has 0 fully saturated rings. The van der Waals surface area contributed by atoms with Crippen molar-refractivity contribution in [1.82, 2.24) is 5.39 Å². The lowest BCUT2D eigenvalue weighted by atomic mass is 10.4. The van der Waals surface area contributed by atoms with Crippen LogP contribution in [-0.4, -0.2) is 5.39 Å². The molecule has 0 heterocycles. The average molecular weight is 353 g/mol. The summed E-state index contributed by atoms with van der Waals surface area (Å²) in [5.41, 5.74) is 0. The topological polar surface area (TPSA) is 30.9 Å². The number of nitrogens with zero attached hydrogens (tertiary/aromatic N) is 1. The van der Waals surface area contributed by atoms with Gasteiger partial charge in [-0.25, -0.2) is 0 Å². The first kappa shape index (κ1) is 22.8. The van der Waals surface area contributed by atoms with Gasteiger partial charge in [0.15, 0.2) is 17.3 Å². The Hall–Kier alpha value is -3.24. The predicted octanol–water partition coefficient (Wildman–Crippen LogP) is 6.19. The summed E-state index contributed by atoms with van der Waals surface area (Å²) in [6, 6.07) is 0. The zero-order valence-corrected chi connectivity index (χ0v) is 15.5. The number of rotatable bonds is 13. The maximum absolute atomic E-state index is 5.66. The van der Waals surface area contributed by atoms with Crippen molar-refractivity contribution in [1.29, 1.82) is 0 Å². The van der Waals surface area contributed by atoms with Gasteiger partial charge in [0.1, 0.15) is 0 Å². The molecule has 0 aliphatic rings. The second-order valence-electron chi connectivity index (χ2n) is 4.47. The van der Waals surface area contributed by atoms with E-state index in [4.69, 9.17) is 14.5 Å². The zero-order valence-electron chi connectivity index (χ0n) is 15.5. The van der Waals surface area contributed by atoms with E-state index in [9.17, 15) is 0 Å². The van der Waals surface area contributed by atoms with E-state index in [0.29, 0.717) is 17.3 Å². The average Bonchev–Trinajstić information content (AvgIpc) is 2.66. The summed E-state index contributed by atoms with van der Waals surface area (Å²) in [4.78, 5) is 17.0. The Bertz CT molecular complexity index is 610. The van der Waals surface area contributed by atoms with Gasteiger partial charge in [-0.1, -0.05) is 68.8 Å². The molecule has 0 spiro atoms. The summed E-state index contributed by atoms with van der Waals surface area (Å²) in [6.07, 6.45) is 22.0. The van der Waals surface area contributed by atoms with Crippen molar-refractivity contribution in [3.05, 3.63) is 123 Å². The number of allylic oxidation sites excluding steroid dienone is 13. The second kappa shape index (κ2) is 15.3. The van der Waals surface area contributed by atoms with Crippen molar-refractivity contribution in [3.63, 3.8) is 0 Å². The van der Waals surface area contributed by atoms with Crippen molar-refractivity contribution < 1.29 is 14.5 Å². The highest BCUT2D eigenvalue weighted by Crippen LogP contribution is 2.15. The highest BCUT2D eigenvalue weighted by atomic mass is 17.2. The predicted molar refractivity (Wildman–Crippen MR) is 109 cm³/mol. The molecule has 0 aromatic rings. The molecule has 0 atom stereocenters. The van der Waals surface area contributed by atoms with Gasteiger partial charge in [-0.2, -0.15) is 0 Å². The van der Waals surface area contributed by atoms with Gasteiger partial charge in [-0.3, -0.25) is 0 Å². The monoisotopic (exact) mass is 353 g/mol. The van der Waals surface area contributed by atoms with Crippen molar-refractivity contribution >= 4 is 0 Å². The quantitative estimate of drug-likeness (QED) is 0.224. The van der Waals surface area contributed by atoms with Crippen LogP contribution in [0.15, 0.2) is 123 Å². The van der Waals surface area contributed by atoms with Crippen LogP contribution in [-0.2, 0) is 14.5 Å². The van der Waals surface area contributed by atoms with E-state index in [2.05, 4.69) is 26.3 Å². The van der Waals surface area contributed by atoms with Crippen LogP contribution in [0, 0.1) is 0 Å². The minimum atomic E-state index is 0.436. The van der Waals surface area contributed by atoms with Crippen LogP contribution in [0.25, 0.3) is 0 Å². The Morgan fingerprint density at radius 3 is 1.35 bits per heavy atom. The minimum absolute atomic E-state index is 0.436. The molecule has 0 aromatic heterocycles. The van der Waals surface area contributed by atoms with Gasteiger partial charge in [0.05, 0.1) is 0 Å². The third-order valence-electron chi connectivity index (χ3n) is 2.58. The van der Waals surface area contributed by atoms with Crippen molar-refractivity contribution in [3.8, 4) is 0 Å². The van der Waals surface area contributed by atoms with E-state index in [1.165, 1.54) is 0 Å².